The normalized spacial score (nSPS) is 19.6. The second-order valence-electron chi connectivity index (χ2n) is 10.2. The number of sulfonamides is 2. The third-order valence-electron chi connectivity index (χ3n) is 7.29. The van der Waals surface area contributed by atoms with Crippen molar-refractivity contribution >= 4 is 25.9 Å². The van der Waals surface area contributed by atoms with Crippen LogP contribution in [0.5, 0.6) is 0 Å². The lowest BCUT2D eigenvalue weighted by Crippen LogP contribution is -2.42. The molecule has 39 heavy (non-hydrogen) atoms. The van der Waals surface area contributed by atoms with Gasteiger partial charge in [0.25, 0.3) is 10.0 Å². The summed E-state index contributed by atoms with van der Waals surface area (Å²) < 4.78 is 60.7. The molecule has 2 fully saturated rings. The molecule has 3 aromatic rings. The first-order valence-corrected chi connectivity index (χ1v) is 16.1. The van der Waals surface area contributed by atoms with E-state index < -0.39 is 26.2 Å². The van der Waals surface area contributed by atoms with Crippen LogP contribution >= 0.6 is 0 Å². The van der Waals surface area contributed by atoms with Gasteiger partial charge in [-0.2, -0.15) is 12.7 Å². The molecule has 2 aliphatic heterocycles. The van der Waals surface area contributed by atoms with Crippen molar-refractivity contribution < 1.29 is 16.8 Å². The highest BCUT2D eigenvalue weighted by Gasteiger charge is 2.43. The number of rotatable bonds is 7. The summed E-state index contributed by atoms with van der Waals surface area (Å²) >= 11 is 0. The van der Waals surface area contributed by atoms with E-state index in [-0.39, 0.29) is 16.3 Å². The zero-order chi connectivity index (χ0) is 27.6. The van der Waals surface area contributed by atoms with E-state index in [9.17, 15) is 16.8 Å². The van der Waals surface area contributed by atoms with Crippen LogP contribution in [0.2, 0.25) is 0 Å². The van der Waals surface area contributed by atoms with Crippen LogP contribution in [0.3, 0.4) is 0 Å². The van der Waals surface area contributed by atoms with Gasteiger partial charge in [0.2, 0.25) is 10.0 Å². The van der Waals surface area contributed by atoms with Crippen LogP contribution in [0, 0.1) is 13.8 Å². The average molecular weight is 567 g/mol. The molecule has 0 aliphatic carbocycles. The molecular formula is C29H34N4O4S2. The van der Waals surface area contributed by atoms with Gasteiger partial charge in [-0.15, -0.1) is 4.40 Å². The highest BCUT2D eigenvalue weighted by molar-refractivity contribution is 7.90. The zero-order valence-corrected chi connectivity index (χ0v) is 23.9. The Labute approximate surface area is 231 Å². The smallest absolute Gasteiger partial charge is 0.283 e. The molecule has 206 valence electrons. The second-order valence-corrected chi connectivity index (χ2v) is 13.7. The van der Waals surface area contributed by atoms with Crippen LogP contribution in [0.1, 0.15) is 35.7 Å². The number of benzene rings is 3. The van der Waals surface area contributed by atoms with Gasteiger partial charge >= 0.3 is 0 Å². The van der Waals surface area contributed by atoms with Gasteiger partial charge in [-0.3, -0.25) is 4.90 Å². The average Bonchev–Trinajstić information content (AvgIpc) is 3.60. The first kappa shape index (κ1) is 27.5. The number of aryl methyl sites for hydroxylation is 2. The van der Waals surface area contributed by atoms with E-state index in [0.717, 1.165) is 42.6 Å². The van der Waals surface area contributed by atoms with Gasteiger partial charge in [-0.25, -0.2) is 8.42 Å². The Morgan fingerprint density at radius 1 is 0.744 bits per heavy atom. The van der Waals surface area contributed by atoms with Crippen molar-refractivity contribution in [2.75, 3.05) is 32.7 Å². The Morgan fingerprint density at radius 2 is 1.31 bits per heavy atom. The Morgan fingerprint density at radius 3 is 1.90 bits per heavy atom. The Bertz CT molecular complexity index is 1530. The molecular weight excluding hydrogens is 532 g/mol. The number of hydrogen-bond donors (Lipinski definition) is 0. The summed E-state index contributed by atoms with van der Waals surface area (Å²) in [6.07, 6.45) is 1.34. The second kappa shape index (κ2) is 11.2. The largest absolute Gasteiger partial charge is 0.336 e. The minimum Gasteiger partial charge on any atom is -0.336 e. The molecule has 0 amide bonds. The van der Waals surface area contributed by atoms with E-state index in [2.05, 4.69) is 9.30 Å². The van der Waals surface area contributed by atoms with Crippen molar-refractivity contribution in [2.45, 2.75) is 42.6 Å². The highest BCUT2D eigenvalue weighted by Crippen LogP contribution is 2.36. The molecule has 5 rings (SSSR count). The molecule has 3 aromatic carbocycles. The molecule has 1 atom stereocenters. The van der Waals surface area contributed by atoms with Crippen LogP contribution in [0.25, 0.3) is 0 Å². The van der Waals surface area contributed by atoms with E-state index in [1.54, 1.807) is 48.5 Å². The van der Waals surface area contributed by atoms with Gasteiger partial charge in [0.15, 0.2) is 0 Å². The lowest BCUT2D eigenvalue weighted by atomic mass is 10.1. The van der Waals surface area contributed by atoms with Crippen molar-refractivity contribution in [3.63, 3.8) is 0 Å². The maximum Gasteiger partial charge on any atom is 0.283 e. The van der Waals surface area contributed by atoms with Gasteiger partial charge < -0.3 is 4.90 Å². The van der Waals surface area contributed by atoms with E-state index in [4.69, 9.17) is 0 Å². The van der Waals surface area contributed by atoms with Crippen LogP contribution in [0.4, 0.5) is 0 Å². The highest BCUT2D eigenvalue weighted by atomic mass is 32.2. The topological polar surface area (TPSA) is 90.4 Å². The number of nitrogens with zero attached hydrogens (tertiary/aromatic N) is 4. The minimum absolute atomic E-state index is 0.117. The molecule has 0 radical (unpaired) electrons. The monoisotopic (exact) mass is 566 g/mol. The van der Waals surface area contributed by atoms with Gasteiger partial charge in [-0.1, -0.05) is 65.7 Å². The fraction of sp³-hybridized carbons (Fsp3) is 0.345. The Balaban J connectivity index is 1.60. The maximum atomic E-state index is 13.9. The van der Waals surface area contributed by atoms with Crippen LogP contribution in [-0.2, 0) is 20.0 Å². The van der Waals surface area contributed by atoms with Crippen molar-refractivity contribution in [3.8, 4) is 0 Å². The van der Waals surface area contributed by atoms with E-state index in [1.807, 2.05) is 49.1 Å². The molecule has 0 bridgehead atoms. The molecule has 0 aromatic heterocycles. The first-order chi connectivity index (χ1) is 18.6. The van der Waals surface area contributed by atoms with E-state index in [1.165, 1.54) is 4.31 Å². The van der Waals surface area contributed by atoms with Crippen molar-refractivity contribution in [3.05, 3.63) is 95.6 Å². The minimum atomic E-state index is -4.02. The summed E-state index contributed by atoms with van der Waals surface area (Å²) in [4.78, 5) is 4.36. The number of hydrogen-bond acceptors (Lipinski definition) is 5. The summed E-state index contributed by atoms with van der Waals surface area (Å²) in [5.41, 5.74) is 2.68. The predicted molar refractivity (Wildman–Crippen MR) is 152 cm³/mol. The SMILES string of the molecule is Cc1ccc(S(=O)(=O)/N=C(/CN2CCCC2)N2CCN(S(=O)(=O)c3ccc(C)cc3)C2c2ccccc2)cc1. The molecule has 1 unspecified atom stereocenters. The predicted octanol–water partition coefficient (Wildman–Crippen LogP) is 4.19. The summed E-state index contributed by atoms with van der Waals surface area (Å²) in [6, 6.07) is 22.8. The van der Waals surface area contributed by atoms with Crippen molar-refractivity contribution in [1.82, 2.24) is 14.1 Å². The number of likely N-dealkylation sites (tertiary alicyclic amines) is 1. The molecule has 2 heterocycles. The Kier molecular flexibility index (Phi) is 7.91. The molecule has 8 nitrogen and oxygen atoms in total. The Hall–Kier alpha value is -3.05. The summed E-state index contributed by atoms with van der Waals surface area (Å²) in [5.74, 6) is 0.355. The lowest BCUT2D eigenvalue weighted by Gasteiger charge is -2.33. The third kappa shape index (κ3) is 5.94. The van der Waals surface area contributed by atoms with Gasteiger partial charge in [0, 0.05) is 13.1 Å². The molecule has 0 N–H and O–H groups in total. The fourth-order valence-electron chi connectivity index (χ4n) is 5.16. The molecule has 2 saturated heterocycles. The van der Waals surface area contributed by atoms with Crippen LogP contribution in [-0.4, -0.2) is 69.5 Å². The third-order valence-corrected chi connectivity index (χ3v) is 10.5. The van der Waals surface area contributed by atoms with Gasteiger partial charge in [0.1, 0.15) is 12.0 Å². The quantitative estimate of drug-likeness (QED) is 0.315. The maximum absolute atomic E-state index is 13.9. The zero-order valence-electron chi connectivity index (χ0n) is 22.3. The molecule has 10 heteroatoms. The summed E-state index contributed by atoms with van der Waals surface area (Å²) in [6.45, 7) is 6.36. The first-order valence-electron chi connectivity index (χ1n) is 13.2. The van der Waals surface area contributed by atoms with Crippen LogP contribution < -0.4 is 0 Å². The van der Waals surface area contributed by atoms with E-state index >= 15 is 0 Å². The molecule has 0 saturated carbocycles. The van der Waals surface area contributed by atoms with Crippen LogP contribution in [0.15, 0.2) is 93.1 Å². The van der Waals surface area contributed by atoms with Crippen molar-refractivity contribution in [1.29, 1.82) is 0 Å². The molecule has 2 aliphatic rings. The molecule has 0 spiro atoms. The lowest BCUT2D eigenvalue weighted by molar-refractivity contribution is 0.271. The van der Waals surface area contributed by atoms with Gasteiger partial charge in [-0.05, 0) is 69.6 Å². The van der Waals surface area contributed by atoms with Crippen molar-refractivity contribution in [2.24, 2.45) is 4.40 Å². The summed E-state index contributed by atoms with van der Waals surface area (Å²) in [7, 11) is -7.89. The summed E-state index contributed by atoms with van der Waals surface area (Å²) in [5, 5.41) is 0. The standard InChI is InChI=1S/C29H34N4O4S2/c1-23-10-14-26(15-11-23)38(34,35)30-28(22-31-18-6-7-19-31)32-20-21-33(29(32)25-8-4-3-5-9-25)39(36,37)27-16-12-24(2)13-17-27/h3-5,8-17,29H,6-7,18-22H2,1-2H3/b30-28-. The number of amidine groups is 1. The van der Waals surface area contributed by atoms with E-state index in [0.29, 0.717) is 18.9 Å². The van der Waals surface area contributed by atoms with Gasteiger partial charge in [0.05, 0.1) is 16.3 Å². The fourth-order valence-corrected chi connectivity index (χ4v) is 7.76.